The maximum Gasteiger partial charge on any atom is 0.416 e. The van der Waals surface area contributed by atoms with Crippen molar-refractivity contribution >= 4 is 28.9 Å². The molecule has 0 amide bonds. The largest absolute Gasteiger partial charge is 0.416 e. The molecule has 0 saturated carbocycles. The van der Waals surface area contributed by atoms with E-state index in [0.717, 1.165) is 16.3 Å². The molecule has 3 N–H and O–H groups in total. The van der Waals surface area contributed by atoms with Gasteiger partial charge >= 0.3 is 6.18 Å². The fraction of sp³-hybridized carbons (Fsp3) is 0.0833. The number of hydrogen-bond acceptors (Lipinski definition) is 4. The maximum atomic E-state index is 12.7. The molecule has 0 atom stereocenters. The van der Waals surface area contributed by atoms with Gasteiger partial charge in [0.05, 0.1) is 9.77 Å². The summed E-state index contributed by atoms with van der Waals surface area (Å²) in [5.41, 5.74) is 4.68. The summed E-state index contributed by atoms with van der Waals surface area (Å²) in [7, 11) is 0. The Labute approximate surface area is 120 Å². The van der Waals surface area contributed by atoms with Gasteiger partial charge in [0.15, 0.2) is 5.84 Å². The molecule has 0 aliphatic heterocycles. The van der Waals surface area contributed by atoms with Gasteiger partial charge in [-0.1, -0.05) is 23.0 Å². The molecular formula is C12H9F3N2OS2. The number of nitrogens with two attached hydrogens (primary N) is 1. The number of halogens is 3. The summed E-state index contributed by atoms with van der Waals surface area (Å²) < 4.78 is 39.0. The van der Waals surface area contributed by atoms with Gasteiger partial charge in [0.2, 0.25) is 0 Å². The van der Waals surface area contributed by atoms with Crippen LogP contribution in [0.3, 0.4) is 0 Å². The minimum atomic E-state index is -4.48. The van der Waals surface area contributed by atoms with Crippen molar-refractivity contribution in [3.05, 3.63) is 46.8 Å². The van der Waals surface area contributed by atoms with Gasteiger partial charge in [0.1, 0.15) is 0 Å². The molecule has 0 bridgehead atoms. The first-order valence-electron chi connectivity index (χ1n) is 5.32. The van der Waals surface area contributed by atoms with Gasteiger partial charge in [-0.15, -0.1) is 11.3 Å². The molecule has 0 fully saturated rings. The van der Waals surface area contributed by atoms with E-state index in [1.807, 2.05) is 17.5 Å². The van der Waals surface area contributed by atoms with E-state index in [2.05, 4.69) is 5.16 Å². The molecule has 3 nitrogen and oxygen atoms in total. The first-order chi connectivity index (χ1) is 9.41. The number of amidine groups is 1. The zero-order valence-corrected chi connectivity index (χ0v) is 11.5. The number of oxime groups is 1. The Bertz CT molecular complexity index is 624. The summed E-state index contributed by atoms with van der Waals surface area (Å²) in [6, 6.07) is 6.85. The highest BCUT2D eigenvalue weighted by Gasteiger charge is 2.31. The minimum absolute atomic E-state index is 0.0562. The van der Waals surface area contributed by atoms with E-state index >= 15 is 0 Å². The Kier molecular flexibility index (Phi) is 4.24. The second kappa shape index (κ2) is 5.76. The van der Waals surface area contributed by atoms with Crippen molar-refractivity contribution < 1.29 is 18.4 Å². The molecule has 106 valence electrons. The lowest BCUT2D eigenvalue weighted by Crippen LogP contribution is -2.16. The van der Waals surface area contributed by atoms with Gasteiger partial charge < -0.3 is 10.9 Å². The predicted molar refractivity (Wildman–Crippen MR) is 72.4 cm³/mol. The highest BCUT2D eigenvalue weighted by atomic mass is 32.2. The van der Waals surface area contributed by atoms with Crippen LogP contribution >= 0.6 is 23.1 Å². The van der Waals surface area contributed by atoms with Crippen LogP contribution in [0, 0.1) is 0 Å². The normalized spacial score (nSPS) is 12.7. The summed E-state index contributed by atoms with van der Waals surface area (Å²) in [4.78, 5) is 0.496. The first-order valence-corrected chi connectivity index (χ1v) is 7.02. The fourth-order valence-electron chi connectivity index (χ4n) is 1.48. The maximum absolute atomic E-state index is 12.7. The van der Waals surface area contributed by atoms with Crippen LogP contribution in [-0.4, -0.2) is 11.0 Å². The van der Waals surface area contributed by atoms with Crippen molar-refractivity contribution in [1.82, 2.24) is 0 Å². The van der Waals surface area contributed by atoms with E-state index in [9.17, 15) is 13.2 Å². The van der Waals surface area contributed by atoms with Crippen LogP contribution in [-0.2, 0) is 6.18 Å². The van der Waals surface area contributed by atoms with Crippen LogP contribution in [0.25, 0.3) is 0 Å². The molecule has 0 aliphatic carbocycles. The van der Waals surface area contributed by atoms with E-state index in [1.54, 1.807) is 0 Å². The average molecular weight is 318 g/mol. The van der Waals surface area contributed by atoms with Gasteiger partial charge in [0.25, 0.3) is 0 Å². The number of thiophene rings is 1. The van der Waals surface area contributed by atoms with Crippen molar-refractivity contribution in [3.63, 3.8) is 0 Å². The third kappa shape index (κ3) is 3.26. The summed E-state index contributed by atoms with van der Waals surface area (Å²) in [5, 5.41) is 13.4. The molecule has 0 spiro atoms. The zero-order chi connectivity index (χ0) is 14.8. The Hall–Kier alpha value is -1.67. The standard InChI is InChI=1S/C12H9F3N2OS2/c13-12(14,15)7-3-4-9(8(6-7)11(16)17-18)20-10-2-1-5-19-10/h1-6,18H,(H2,16,17). The summed E-state index contributed by atoms with van der Waals surface area (Å²) in [6.07, 6.45) is -4.48. The third-order valence-electron chi connectivity index (χ3n) is 2.40. The second-order valence-electron chi connectivity index (χ2n) is 3.73. The van der Waals surface area contributed by atoms with Crippen LogP contribution in [0.1, 0.15) is 11.1 Å². The molecule has 0 unspecified atom stereocenters. The average Bonchev–Trinajstić information content (AvgIpc) is 2.90. The highest BCUT2D eigenvalue weighted by Crippen LogP contribution is 2.37. The van der Waals surface area contributed by atoms with E-state index < -0.39 is 11.7 Å². The molecule has 0 radical (unpaired) electrons. The fourth-order valence-corrected chi connectivity index (χ4v) is 3.33. The lowest BCUT2D eigenvalue weighted by Gasteiger charge is -2.11. The quantitative estimate of drug-likeness (QED) is 0.389. The number of hydrogen-bond donors (Lipinski definition) is 2. The molecule has 2 rings (SSSR count). The highest BCUT2D eigenvalue weighted by molar-refractivity contribution is 8.01. The Morgan fingerprint density at radius 3 is 2.60 bits per heavy atom. The van der Waals surface area contributed by atoms with E-state index in [0.29, 0.717) is 4.90 Å². The summed E-state index contributed by atoms with van der Waals surface area (Å²) in [6.45, 7) is 0. The molecule has 2 aromatic rings. The van der Waals surface area contributed by atoms with Gasteiger partial charge in [-0.05, 0) is 29.6 Å². The van der Waals surface area contributed by atoms with E-state index in [4.69, 9.17) is 10.9 Å². The third-order valence-corrected chi connectivity index (χ3v) is 4.51. The van der Waals surface area contributed by atoms with Crippen LogP contribution in [0.5, 0.6) is 0 Å². The number of rotatable bonds is 3. The van der Waals surface area contributed by atoms with Crippen molar-refractivity contribution in [1.29, 1.82) is 0 Å². The SMILES string of the molecule is N/C(=N\O)c1cc(C(F)(F)F)ccc1Sc1cccs1. The van der Waals surface area contributed by atoms with Gasteiger partial charge in [-0.25, -0.2) is 0 Å². The van der Waals surface area contributed by atoms with Gasteiger partial charge in [0, 0.05) is 10.5 Å². The lowest BCUT2D eigenvalue weighted by atomic mass is 10.1. The van der Waals surface area contributed by atoms with Gasteiger partial charge in [-0.2, -0.15) is 13.2 Å². The molecular weight excluding hydrogens is 309 g/mol. The van der Waals surface area contributed by atoms with Crippen LogP contribution in [0.4, 0.5) is 13.2 Å². The van der Waals surface area contributed by atoms with Crippen molar-refractivity contribution in [2.45, 2.75) is 15.3 Å². The summed E-state index contributed by atoms with van der Waals surface area (Å²) >= 11 is 2.72. The molecule has 1 aromatic carbocycles. The first kappa shape index (κ1) is 14.7. The Balaban J connectivity index is 2.46. The molecule has 1 aromatic heterocycles. The number of alkyl halides is 3. The van der Waals surface area contributed by atoms with E-state index in [-0.39, 0.29) is 11.4 Å². The molecule has 20 heavy (non-hydrogen) atoms. The van der Waals surface area contributed by atoms with E-state index in [1.165, 1.54) is 29.2 Å². The lowest BCUT2D eigenvalue weighted by molar-refractivity contribution is -0.137. The van der Waals surface area contributed by atoms with Crippen molar-refractivity contribution in [2.24, 2.45) is 10.9 Å². The van der Waals surface area contributed by atoms with Crippen molar-refractivity contribution in [2.75, 3.05) is 0 Å². The smallest absolute Gasteiger partial charge is 0.409 e. The predicted octanol–water partition coefficient (Wildman–Crippen LogP) is 4.01. The van der Waals surface area contributed by atoms with Crippen LogP contribution in [0.2, 0.25) is 0 Å². The molecule has 1 heterocycles. The van der Waals surface area contributed by atoms with Gasteiger partial charge in [-0.3, -0.25) is 0 Å². The number of nitrogens with zero attached hydrogens (tertiary/aromatic N) is 1. The van der Waals surface area contributed by atoms with Crippen LogP contribution < -0.4 is 5.73 Å². The minimum Gasteiger partial charge on any atom is -0.409 e. The monoisotopic (exact) mass is 318 g/mol. The zero-order valence-electron chi connectivity index (χ0n) is 9.89. The molecule has 8 heteroatoms. The second-order valence-corrected chi connectivity index (χ2v) is 6.02. The topological polar surface area (TPSA) is 58.6 Å². The Morgan fingerprint density at radius 2 is 2.05 bits per heavy atom. The Morgan fingerprint density at radius 1 is 1.30 bits per heavy atom. The summed E-state index contributed by atoms with van der Waals surface area (Å²) in [5.74, 6) is -0.352. The van der Waals surface area contributed by atoms with Crippen LogP contribution in [0.15, 0.2) is 50.0 Å². The number of benzene rings is 1. The molecule has 0 aliphatic rings. The molecule has 0 saturated heterocycles. The van der Waals surface area contributed by atoms with Crippen molar-refractivity contribution in [3.8, 4) is 0 Å².